The van der Waals surface area contributed by atoms with E-state index in [1.54, 1.807) is 0 Å². The summed E-state index contributed by atoms with van der Waals surface area (Å²) < 4.78 is 5.50. The molecule has 0 aliphatic heterocycles. The highest BCUT2D eigenvalue weighted by Gasteiger charge is 2.32. The third-order valence-corrected chi connectivity index (χ3v) is 5.45. The van der Waals surface area contributed by atoms with Crippen molar-refractivity contribution in [1.29, 1.82) is 0 Å². The van der Waals surface area contributed by atoms with Crippen molar-refractivity contribution >= 4 is 12.1 Å². The summed E-state index contributed by atoms with van der Waals surface area (Å²) in [5, 5.41) is 11.9. The molecule has 2 aromatic rings. The van der Waals surface area contributed by atoms with Crippen LogP contribution in [-0.2, 0) is 9.53 Å². The first-order valence-electron chi connectivity index (χ1n) is 8.98. The lowest BCUT2D eigenvalue weighted by molar-refractivity contribution is -0.141. The summed E-state index contributed by atoms with van der Waals surface area (Å²) in [6, 6.07) is 16.3. The molecule has 26 heavy (non-hydrogen) atoms. The van der Waals surface area contributed by atoms with Gasteiger partial charge in [0.1, 0.15) is 6.61 Å². The minimum Gasteiger partial charge on any atom is -0.481 e. The van der Waals surface area contributed by atoms with Gasteiger partial charge in [0.15, 0.2) is 0 Å². The molecule has 5 nitrogen and oxygen atoms in total. The number of carbonyl (C=O) groups excluding carboxylic acids is 1. The second-order valence-electron chi connectivity index (χ2n) is 7.02. The number of alkyl carbamates (subject to hydrolysis) is 1. The fourth-order valence-electron chi connectivity index (χ4n) is 4.14. The van der Waals surface area contributed by atoms with Crippen molar-refractivity contribution in [2.24, 2.45) is 5.92 Å². The zero-order valence-electron chi connectivity index (χ0n) is 14.4. The lowest BCUT2D eigenvalue weighted by atomic mass is 9.98. The number of fused-ring (bicyclic) bond motifs is 3. The van der Waals surface area contributed by atoms with Crippen LogP contribution in [0.1, 0.15) is 36.3 Å². The van der Waals surface area contributed by atoms with Crippen LogP contribution in [0.4, 0.5) is 4.79 Å². The number of carbonyl (C=O) groups is 2. The third-order valence-electron chi connectivity index (χ3n) is 5.45. The highest BCUT2D eigenvalue weighted by molar-refractivity contribution is 5.79. The molecular formula is C21H21NO4. The van der Waals surface area contributed by atoms with Crippen molar-refractivity contribution in [3.05, 3.63) is 59.7 Å². The van der Waals surface area contributed by atoms with Crippen molar-refractivity contribution in [2.45, 2.75) is 31.2 Å². The van der Waals surface area contributed by atoms with Crippen molar-refractivity contribution in [3.63, 3.8) is 0 Å². The maximum Gasteiger partial charge on any atom is 0.407 e. The lowest BCUT2D eigenvalue weighted by Crippen LogP contribution is -2.34. The zero-order chi connectivity index (χ0) is 18.1. The van der Waals surface area contributed by atoms with Gasteiger partial charge < -0.3 is 15.2 Å². The van der Waals surface area contributed by atoms with Gasteiger partial charge in [-0.3, -0.25) is 4.79 Å². The summed E-state index contributed by atoms with van der Waals surface area (Å²) in [6.45, 7) is 0.273. The average Bonchev–Trinajstić information content (AvgIpc) is 3.23. The maximum atomic E-state index is 12.2. The van der Waals surface area contributed by atoms with Crippen LogP contribution in [0, 0.1) is 5.92 Å². The Labute approximate surface area is 152 Å². The molecule has 1 amide bonds. The van der Waals surface area contributed by atoms with Gasteiger partial charge in [-0.05, 0) is 41.5 Å². The molecule has 4 rings (SSSR count). The first kappa shape index (κ1) is 16.6. The first-order valence-corrected chi connectivity index (χ1v) is 8.98. The number of nitrogens with one attached hydrogen (secondary N) is 1. The van der Waals surface area contributed by atoms with Crippen molar-refractivity contribution < 1.29 is 19.4 Å². The van der Waals surface area contributed by atoms with E-state index in [2.05, 4.69) is 29.6 Å². The number of hydrogen-bond donors (Lipinski definition) is 2. The molecule has 134 valence electrons. The molecule has 1 unspecified atom stereocenters. The number of rotatable bonds is 4. The predicted molar refractivity (Wildman–Crippen MR) is 97.0 cm³/mol. The Hall–Kier alpha value is -2.82. The van der Waals surface area contributed by atoms with E-state index in [0.29, 0.717) is 19.3 Å². The molecule has 2 aliphatic carbocycles. The quantitative estimate of drug-likeness (QED) is 0.879. The van der Waals surface area contributed by atoms with Crippen LogP contribution in [0.3, 0.4) is 0 Å². The second-order valence-corrected chi connectivity index (χ2v) is 7.02. The highest BCUT2D eigenvalue weighted by Crippen LogP contribution is 2.44. The molecule has 0 radical (unpaired) electrons. The molecule has 2 aliphatic rings. The number of carboxylic acid groups (broad SMARTS) is 1. The van der Waals surface area contributed by atoms with Crippen LogP contribution in [0.15, 0.2) is 48.5 Å². The minimum atomic E-state index is -0.790. The summed E-state index contributed by atoms with van der Waals surface area (Å²) in [7, 11) is 0. The largest absolute Gasteiger partial charge is 0.481 e. The third kappa shape index (κ3) is 3.05. The molecule has 2 atom stereocenters. The number of amides is 1. The van der Waals surface area contributed by atoms with Crippen LogP contribution < -0.4 is 5.32 Å². The Balaban J connectivity index is 1.41. The van der Waals surface area contributed by atoms with E-state index in [9.17, 15) is 9.59 Å². The van der Waals surface area contributed by atoms with Gasteiger partial charge in [-0.15, -0.1) is 0 Å². The molecule has 0 bridgehead atoms. The van der Waals surface area contributed by atoms with Crippen molar-refractivity contribution in [3.8, 4) is 11.1 Å². The molecule has 0 spiro atoms. The van der Waals surface area contributed by atoms with E-state index in [1.165, 1.54) is 22.3 Å². The molecule has 1 fully saturated rings. The average molecular weight is 351 g/mol. The van der Waals surface area contributed by atoms with Gasteiger partial charge in [0.25, 0.3) is 0 Å². The summed E-state index contributed by atoms with van der Waals surface area (Å²) >= 11 is 0. The van der Waals surface area contributed by atoms with E-state index in [1.807, 2.05) is 24.3 Å². The summed E-state index contributed by atoms with van der Waals surface area (Å²) in [4.78, 5) is 23.2. The molecule has 5 heteroatoms. The highest BCUT2D eigenvalue weighted by atomic mass is 16.5. The number of ether oxygens (including phenoxy) is 1. The Kier molecular flexibility index (Phi) is 4.37. The Morgan fingerprint density at radius 1 is 1.00 bits per heavy atom. The molecule has 2 N–H and O–H groups in total. The van der Waals surface area contributed by atoms with E-state index in [0.717, 1.165) is 0 Å². The number of aliphatic carboxylic acids is 1. The maximum absolute atomic E-state index is 12.2. The number of hydrogen-bond acceptors (Lipinski definition) is 3. The van der Waals surface area contributed by atoms with Gasteiger partial charge in [-0.2, -0.15) is 0 Å². The van der Waals surface area contributed by atoms with Gasteiger partial charge in [-0.1, -0.05) is 48.5 Å². The normalized spacial score (nSPS) is 21.1. The van der Waals surface area contributed by atoms with Gasteiger partial charge in [-0.25, -0.2) is 4.79 Å². The standard InChI is InChI=1S/C21H21NO4/c23-20(24)13-9-10-14(11-13)22-21(25)26-12-19-17-7-3-1-5-15(17)16-6-2-4-8-18(16)19/h1-8,13-14,19H,9-12H2,(H,22,25)(H,23,24)/t13?,14-/m1/s1. The van der Waals surface area contributed by atoms with E-state index in [-0.39, 0.29) is 24.5 Å². The van der Waals surface area contributed by atoms with Crippen LogP contribution in [0.2, 0.25) is 0 Å². The molecular weight excluding hydrogens is 330 g/mol. The lowest BCUT2D eigenvalue weighted by Gasteiger charge is -2.16. The van der Waals surface area contributed by atoms with Crippen molar-refractivity contribution in [2.75, 3.05) is 6.61 Å². The first-order chi connectivity index (χ1) is 12.6. The van der Waals surface area contributed by atoms with E-state index in [4.69, 9.17) is 9.84 Å². The number of benzene rings is 2. The van der Waals surface area contributed by atoms with Gasteiger partial charge >= 0.3 is 12.1 Å². The topological polar surface area (TPSA) is 75.6 Å². The number of carboxylic acids is 1. The fourth-order valence-corrected chi connectivity index (χ4v) is 4.14. The zero-order valence-corrected chi connectivity index (χ0v) is 14.4. The van der Waals surface area contributed by atoms with Crippen molar-refractivity contribution in [1.82, 2.24) is 5.32 Å². The SMILES string of the molecule is O=C(N[C@@H]1CCC(C(=O)O)C1)OCC1c2ccccc2-c2ccccc21. The predicted octanol–water partition coefficient (Wildman–Crippen LogP) is 3.78. The summed E-state index contributed by atoms with van der Waals surface area (Å²) in [5.41, 5.74) is 4.73. The Bertz CT molecular complexity index is 802. The molecule has 2 aromatic carbocycles. The smallest absolute Gasteiger partial charge is 0.407 e. The van der Waals surface area contributed by atoms with Crippen LogP contribution >= 0.6 is 0 Å². The van der Waals surface area contributed by atoms with Gasteiger partial charge in [0, 0.05) is 12.0 Å². The second kappa shape index (κ2) is 6.83. The molecule has 0 aromatic heterocycles. The van der Waals surface area contributed by atoms with Gasteiger partial charge in [0.05, 0.1) is 5.92 Å². The van der Waals surface area contributed by atoms with Crippen LogP contribution in [-0.4, -0.2) is 29.8 Å². The minimum absolute atomic E-state index is 0.0310. The molecule has 0 heterocycles. The van der Waals surface area contributed by atoms with E-state index < -0.39 is 12.1 Å². The Morgan fingerprint density at radius 2 is 1.62 bits per heavy atom. The fraction of sp³-hybridized carbons (Fsp3) is 0.333. The molecule has 1 saturated carbocycles. The summed E-state index contributed by atoms with van der Waals surface area (Å²) in [6.07, 6.45) is 1.28. The Morgan fingerprint density at radius 3 is 2.19 bits per heavy atom. The van der Waals surface area contributed by atoms with E-state index >= 15 is 0 Å². The van der Waals surface area contributed by atoms with Gasteiger partial charge in [0.2, 0.25) is 0 Å². The summed E-state index contributed by atoms with van der Waals surface area (Å²) in [5.74, 6) is -1.13. The molecule has 0 saturated heterocycles. The van der Waals surface area contributed by atoms with Crippen LogP contribution in [0.5, 0.6) is 0 Å². The monoisotopic (exact) mass is 351 g/mol. The van der Waals surface area contributed by atoms with Crippen LogP contribution in [0.25, 0.3) is 11.1 Å².